The van der Waals surface area contributed by atoms with E-state index in [1.54, 1.807) is 18.6 Å². The first-order valence-corrected chi connectivity index (χ1v) is 10.8. The monoisotopic (exact) mass is 418 g/mol. The van der Waals surface area contributed by atoms with Gasteiger partial charge < -0.3 is 9.88 Å². The van der Waals surface area contributed by atoms with Crippen LogP contribution in [0.15, 0.2) is 41.6 Å². The Bertz CT molecular complexity index is 1170. The molecule has 160 valence electrons. The van der Waals surface area contributed by atoms with Gasteiger partial charge in [0, 0.05) is 67.4 Å². The zero-order valence-electron chi connectivity index (χ0n) is 17.7. The number of aromatic nitrogens is 5. The van der Waals surface area contributed by atoms with Crippen molar-refractivity contribution in [2.45, 2.75) is 43.9 Å². The molecule has 31 heavy (non-hydrogen) atoms. The van der Waals surface area contributed by atoms with Gasteiger partial charge in [0.2, 0.25) is 5.91 Å². The second-order valence-corrected chi connectivity index (χ2v) is 8.63. The van der Waals surface area contributed by atoms with Gasteiger partial charge in [0.25, 0.3) is 5.56 Å². The lowest BCUT2D eigenvalue weighted by Gasteiger charge is -2.40. The molecule has 1 unspecified atom stereocenters. The normalized spacial score (nSPS) is 20.2. The number of nitrogens with zero attached hydrogens (tertiary/aromatic N) is 5. The topological polar surface area (TPSA) is 96.8 Å². The number of rotatable bonds is 4. The highest BCUT2D eigenvalue weighted by Crippen LogP contribution is 2.43. The van der Waals surface area contributed by atoms with E-state index in [4.69, 9.17) is 4.98 Å². The van der Waals surface area contributed by atoms with E-state index in [-0.39, 0.29) is 16.9 Å². The van der Waals surface area contributed by atoms with Gasteiger partial charge in [0.05, 0.1) is 5.69 Å². The minimum absolute atomic E-state index is 0.0691. The average Bonchev–Trinajstić information content (AvgIpc) is 3.36. The Hall–Kier alpha value is -3.29. The number of nitrogens with one attached hydrogen (secondary N) is 1. The summed E-state index contributed by atoms with van der Waals surface area (Å²) < 4.78 is 1.81. The Kier molecular flexibility index (Phi) is 4.92. The van der Waals surface area contributed by atoms with Gasteiger partial charge in [-0.15, -0.1) is 0 Å². The fourth-order valence-corrected chi connectivity index (χ4v) is 5.07. The number of aryl methyl sites for hydroxylation is 2. The number of amides is 1. The van der Waals surface area contributed by atoms with E-state index >= 15 is 0 Å². The molecule has 2 aliphatic rings. The van der Waals surface area contributed by atoms with Crippen molar-refractivity contribution in [3.8, 4) is 11.4 Å². The fraction of sp³-hybridized carbons (Fsp3) is 0.435. The molecule has 1 saturated heterocycles. The number of carbonyl (C=O) groups is 1. The van der Waals surface area contributed by atoms with E-state index in [1.807, 2.05) is 34.8 Å². The molecule has 3 aromatic rings. The van der Waals surface area contributed by atoms with Crippen LogP contribution >= 0.6 is 0 Å². The maximum atomic E-state index is 13.0. The Morgan fingerprint density at radius 2 is 2.16 bits per heavy atom. The molecule has 0 radical (unpaired) electrons. The van der Waals surface area contributed by atoms with Gasteiger partial charge in [-0.1, -0.05) is 0 Å². The minimum atomic E-state index is -0.235. The van der Waals surface area contributed by atoms with Crippen molar-refractivity contribution in [1.29, 1.82) is 0 Å². The first-order valence-electron chi connectivity index (χ1n) is 10.8. The van der Waals surface area contributed by atoms with Crippen molar-refractivity contribution in [3.63, 3.8) is 0 Å². The van der Waals surface area contributed by atoms with Gasteiger partial charge >= 0.3 is 0 Å². The zero-order chi connectivity index (χ0) is 21.4. The summed E-state index contributed by atoms with van der Waals surface area (Å²) in [5, 5.41) is 4.18. The molecule has 0 aromatic carbocycles. The third kappa shape index (κ3) is 3.56. The summed E-state index contributed by atoms with van der Waals surface area (Å²) in [5.41, 5.74) is 3.20. The van der Waals surface area contributed by atoms with Crippen LogP contribution in [0.1, 0.15) is 42.6 Å². The highest BCUT2D eigenvalue weighted by molar-refractivity contribution is 5.76. The summed E-state index contributed by atoms with van der Waals surface area (Å²) in [6, 6.07) is 5.68. The smallest absolute Gasteiger partial charge is 0.254 e. The maximum absolute atomic E-state index is 13.0. The van der Waals surface area contributed by atoms with Gasteiger partial charge in [-0.05, 0) is 50.3 Å². The van der Waals surface area contributed by atoms with Gasteiger partial charge in [0.15, 0.2) is 0 Å². The lowest BCUT2D eigenvalue weighted by molar-refractivity contribution is -0.133. The van der Waals surface area contributed by atoms with Crippen molar-refractivity contribution in [2.24, 2.45) is 7.05 Å². The zero-order valence-corrected chi connectivity index (χ0v) is 17.7. The molecule has 1 fully saturated rings. The molecule has 0 bridgehead atoms. The number of H-pyrrole nitrogens is 1. The van der Waals surface area contributed by atoms with E-state index < -0.39 is 0 Å². The van der Waals surface area contributed by atoms with E-state index in [0.29, 0.717) is 31.6 Å². The van der Waals surface area contributed by atoms with Crippen LogP contribution in [-0.2, 0) is 30.1 Å². The molecule has 3 aromatic heterocycles. The van der Waals surface area contributed by atoms with Crippen molar-refractivity contribution >= 4 is 5.91 Å². The highest BCUT2D eigenvalue weighted by atomic mass is 16.2. The van der Waals surface area contributed by atoms with Crippen LogP contribution in [0.25, 0.3) is 11.4 Å². The number of aromatic amines is 1. The average molecular weight is 419 g/mol. The Labute approximate surface area is 180 Å². The molecular weight excluding hydrogens is 392 g/mol. The van der Waals surface area contributed by atoms with Crippen LogP contribution in [0.3, 0.4) is 0 Å². The van der Waals surface area contributed by atoms with Crippen LogP contribution in [0.4, 0.5) is 0 Å². The molecule has 1 aliphatic carbocycles. The second kappa shape index (κ2) is 7.76. The molecular formula is C23H26N6O2. The quantitative estimate of drug-likeness (QED) is 0.699. The number of likely N-dealkylation sites (tertiary alicyclic amines) is 1. The lowest BCUT2D eigenvalue weighted by atomic mass is 9.77. The predicted molar refractivity (Wildman–Crippen MR) is 115 cm³/mol. The molecule has 1 spiro atoms. The number of piperidine rings is 1. The fourth-order valence-electron chi connectivity index (χ4n) is 5.07. The van der Waals surface area contributed by atoms with Gasteiger partial charge in [-0.3, -0.25) is 19.3 Å². The van der Waals surface area contributed by atoms with Gasteiger partial charge in [-0.2, -0.15) is 5.10 Å². The SMILES string of the molecule is Cn1nccc1CCC(=O)N1CCCC2(CCc3c2nc(-c2cccnc2)[nH]c3=O)C1. The molecule has 8 nitrogen and oxygen atoms in total. The summed E-state index contributed by atoms with van der Waals surface area (Å²) in [5.74, 6) is 0.712. The maximum Gasteiger partial charge on any atom is 0.254 e. The summed E-state index contributed by atoms with van der Waals surface area (Å²) >= 11 is 0. The van der Waals surface area contributed by atoms with Crippen LogP contribution in [-0.4, -0.2) is 48.6 Å². The number of hydrogen-bond donors (Lipinski definition) is 1. The molecule has 5 rings (SSSR count). The molecule has 1 N–H and O–H groups in total. The number of fused-ring (bicyclic) bond motifs is 2. The van der Waals surface area contributed by atoms with Gasteiger partial charge in [0.1, 0.15) is 5.82 Å². The van der Waals surface area contributed by atoms with Gasteiger partial charge in [-0.25, -0.2) is 4.98 Å². The van der Waals surface area contributed by atoms with Crippen LogP contribution in [0.2, 0.25) is 0 Å². The second-order valence-electron chi connectivity index (χ2n) is 8.63. The van der Waals surface area contributed by atoms with Crippen molar-refractivity contribution in [3.05, 3.63) is 64.1 Å². The van der Waals surface area contributed by atoms with Crippen LogP contribution < -0.4 is 5.56 Å². The third-order valence-electron chi connectivity index (χ3n) is 6.75. The Morgan fingerprint density at radius 3 is 2.94 bits per heavy atom. The summed E-state index contributed by atoms with van der Waals surface area (Å²) in [4.78, 5) is 39.8. The minimum Gasteiger partial charge on any atom is -0.342 e. The summed E-state index contributed by atoms with van der Waals surface area (Å²) in [6.45, 7) is 1.40. The third-order valence-corrected chi connectivity index (χ3v) is 6.75. The number of hydrogen-bond acceptors (Lipinski definition) is 5. The predicted octanol–water partition coefficient (Wildman–Crippen LogP) is 2.00. The van der Waals surface area contributed by atoms with Crippen molar-refractivity contribution in [1.82, 2.24) is 29.6 Å². The van der Waals surface area contributed by atoms with Crippen LogP contribution in [0.5, 0.6) is 0 Å². The standard InChI is InChI=1S/C23H26N6O2/c1-28-17(8-12-25-28)5-6-19(30)29-13-3-9-23(15-29)10-7-18-20(23)26-21(27-22(18)31)16-4-2-11-24-14-16/h2,4,8,11-12,14H,3,5-7,9-10,13,15H2,1H3,(H,26,27,31). The molecule has 4 heterocycles. The van der Waals surface area contributed by atoms with Crippen LogP contribution in [0, 0.1) is 0 Å². The van der Waals surface area contributed by atoms with Crippen molar-refractivity contribution in [2.75, 3.05) is 13.1 Å². The lowest BCUT2D eigenvalue weighted by Crippen LogP contribution is -2.48. The Morgan fingerprint density at radius 1 is 1.26 bits per heavy atom. The van der Waals surface area contributed by atoms with E-state index in [9.17, 15) is 9.59 Å². The first kappa shape index (κ1) is 19.7. The number of pyridine rings is 1. The molecule has 1 atom stereocenters. The first-order chi connectivity index (χ1) is 15.1. The molecule has 1 aliphatic heterocycles. The molecule has 0 saturated carbocycles. The largest absolute Gasteiger partial charge is 0.342 e. The molecule has 1 amide bonds. The highest BCUT2D eigenvalue weighted by Gasteiger charge is 2.45. The Balaban J connectivity index is 1.40. The van der Waals surface area contributed by atoms with E-state index in [2.05, 4.69) is 15.1 Å². The van der Waals surface area contributed by atoms with E-state index in [0.717, 1.165) is 48.3 Å². The summed E-state index contributed by atoms with van der Waals surface area (Å²) in [6.07, 6.45) is 9.76. The molecule has 8 heteroatoms. The summed E-state index contributed by atoms with van der Waals surface area (Å²) in [7, 11) is 1.90. The van der Waals surface area contributed by atoms with Crippen molar-refractivity contribution < 1.29 is 4.79 Å². The number of carbonyl (C=O) groups excluding carboxylic acids is 1. The van der Waals surface area contributed by atoms with E-state index in [1.165, 1.54) is 0 Å².